The van der Waals surface area contributed by atoms with Gasteiger partial charge in [-0.1, -0.05) is 24.6 Å². The van der Waals surface area contributed by atoms with Crippen molar-refractivity contribution >= 4 is 10.0 Å². The highest BCUT2D eigenvalue weighted by atomic mass is 32.2. The second-order valence-corrected chi connectivity index (χ2v) is 5.44. The molecule has 5 heteroatoms. The average molecular weight is 243 g/mol. The van der Waals surface area contributed by atoms with E-state index in [1.807, 2.05) is 13.8 Å². The van der Waals surface area contributed by atoms with Crippen LogP contribution in [0.4, 0.5) is 0 Å². The summed E-state index contributed by atoms with van der Waals surface area (Å²) in [6.45, 7) is 3.52. The van der Waals surface area contributed by atoms with Crippen LogP contribution in [0.3, 0.4) is 0 Å². The fourth-order valence-electron chi connectivity index (χ4n) is 1.25. The molecule has 0 saturated heterocycles. The highest BCUT2D eigenvalue weighted by Crippen LogP contribution is 2.10. The first-order valence-electron chi connectivity index (χ1n) is 5.19. The number of nitrogens with one attached hydrogen (secondary N) is 1. The quantitative estimate of drug-likeness (QED) is 0.812. The minimum absolute atomic E-state index is 0.193. The molecular formula is C11H17NO3S. The zero-order valence-electron chi connectivity index (χ0n) is 9.47. The number of rotatable bonds is 5. The Labute approximate surface area is 96.4 Å². The van der Waals surface area contributed by atoms with E-state index in [0.717, 1.165) is 5.56 Å². The number of sulfonamides is 1. The Morgan fingerprint density at radius 3 is 2.31 bits per heavy atom. The van der Waals surface area contributed by atoms with Gasteiger partial charge in [-0.2, -0.15) is 0 Å². The Morgan fingerprint density at radius 1 is 1.31 bits per heavy atom. The normalized spacial score (nSPS) is 13.7. The van der Waals surface area contributed by atoms with Crippen molar-refractivity contribution in [2.24, 2.45) is 0 Å². The summed E-state index contributed by atoms with van der Waals surface area (Å²) in [5.74, 6) is 0. The molecule has 1 rings (SSSR count). The maximum absolute atomic E-state index is 11.8. The summed E-state index contributed by atoms with van der Waals surface area (Å²) < 4.78 is 26.1. The first kappa shape index (κ1) is 13.2. The second kappa shape index (κ2) is 5.43. The van der Waals surface area contributed by atoms with Gasteiger partial charge in [0.1, 0.15) is 0 Å². The van der Waals surface area contributed by atoms with Gasteiger partial charge >= 0.3 is 0 Å². The van der Waals surface area contributed by atoms with Gasteiger partial charge in [0.15, 0.2) is 0 Å². The molecule has 1 aromatic rings. The Morgan fingerprint density at radius 2 is 1.88 bits per heavy atom. The van der Waals surface area contributed by atoms with Crippen LogP contribution in [0.25, 0.3) is 0 Å². The zero-order valence-corrected chi connectivity index (χ0v) is 10.3. The molecule has 0 fully saturated rings. The van der Waals surface area contributed by atoms with Crippen molar-refractivity contribution in [2.75, 3.05) is 6.61 Å². The third-order valence-corrected chi connectivity index (χ3v) is 3.90. The smallest absolute Gasteiger partial charge is 0.240 e. The summed E-state index contributed by atoms with van der Waals surface area (Å²) >= 11 is 0. The lowest BCUT2D eigenvalue weighted by Gasteiger charge is -2.14. The number of aliphatic hydroxyl groups is 1. The summed E-state index contributed by atoms with van der Waals surface area (Å²) in [5, 5.41) is 8.95. The van der Waals surface area contributed by atoms with E-state index in [2.05, 4.69) is 4.72 Å². The summed E-state index contributed by atoms with van der Waals surface area (Å²) in [7, 11) is -3.51. The van der Waals surface area contributed by atoms with Crippen LogP contribution < -0.4 is 4.72 Å². The van der Waals surface area contributed by atoms with Crippen LogP contribution in [0.1, 0.15) is 18.9 Å². The monoisotopic (exact) mass is 243 g/mol. The van der Waals surface area contributed by atoms with E-state index >= 15 is 0 Å². The SMILES string of the molecule is CC[C@H](CO)NS(=O)(=O)c1ccc(C)cc1. The predicted octanol–water partition coefficient (Wildman–Crippen LogP) is 1.04. The van der Waals surface area contributed by atoms with Crippen LogP contribution in [0, 0.1) is 6.92 Å². The molecule has 2 N–H and O–H groups in total. The average Bonchev–Trinajstić information content (AvgIpc) is 2.26. The van der Waals surface area contributed by atoms with Gasteiger partial charge < -0.3 is 5.11 Å². The summed E-state index contributed by atoms with van der Waals surface area (Å²) in [4.78, 5) is 0.227. The number of hydrogen-bond acceptors (Lipinski definition) is 3. The Hall–Kier alpha value is -0.910. The number of aliphatic hydroxyl groups excluding tert-OH is 1. The second-order valence-electron chi connectivity index (χ2n) is 3.72. The molecular weight excluding hydrogens is 226 g/mol. The molecule has 0 unspecified atom stereocenters. The van der Waals surface area contributed by atoms with E-state index in [4.69, 9.17) is 5.11 Å². The fraction of sp³-hybridized carbons (Fsp3) is 0.455. The van der Waals surface area contributed by atoms with E-state index in [0.29, 0.717) is 6.42 Å². The molecule has 0 amide bonds. The lowest BCUT2D eigenvalue weighted by atomic mass is 10.2. The molecule has 0 aromatic heterocycles. The van der Waals surface area contributed by atoms with Gasteiger partial charge in [-0.15, -0.1) is 0 Å². The molecule has 90 valence electrons. The van der Waals surface area contributed by atoms with Crippen molar-refractivity contribution < 1.29 is 13.5 Å². The Bertz CT molecular complexity index is 421. The molecule has 0 spiro atoms. The Kier molecular flexibility index (Phi) is 4.46. The molecule has 0 saturated carbocycles. The number of aryl methyl sites for hydroxylation is 1. The molecule has 0 aliphatic rings. The van der Waals surface area contributed by atoms with Gasteiger partial charge in [0, 0.05) is 6.04 Å². The van der Waals surface area contributed by atoms with Gasteiger partial charge in [-0.05, 0) is 25.5 Å². The maximum atomic E-state index is 11.8. The van der Waals surface area contributed by atoms with E-state index in [-0.39, 0.29) is 11.5 Å². The molecule has 4 nitrogen and oxygen atoms in total. The molecule has 0 aliphatic carbocycles. The predicted molar refractivity (Wildman–Crippen MR) is 62.7 cm³/mol. The minimum atomic E-state index is -3.51. The number of hydrogen-bond donors (Lipinski definition) is 2. The van der Waals surface area contributed by atoms with Gasteiger partial charge in [0.2, 0.25) is 10.0 Å². The van der Waals surface area contributed by atoms with Crippen molar-refractivity contribution in [3.63, 3.8) is 0 Å². The highest BCUT2D eigenvalue weighted by molar-refractivity contribution is 7.89. The lowest BCUT2D eigenvalue weighted by molar-refractivity contribution is 0.254. The molecule has 1 atom stereocenters. The van der Waals surface area contributed by atoms with Crippen LogP contribution in [0.15, 0.2) is 29.2 Å². The molecule has 0 aliphatic heterocycles. The number of benzene rings is 1. The summed E-state index contributed by atoms with van der Waals surface area (Å²) in [6.07, 6.45) is 0.557. The summed E-state index contributed by atoms with van der Waals surface area (Å²) in [6, 6.07) is 6.18. The maximum Gasteiger partial charge on any atom is 0.240 e. The lowest BCUT2D eigenvalue weighted by Crippen LogP contribution is -2.36. The van der Waals surface area contributed by atoms with Crippen LogP contribution in [-0.4, -0.2) is 26.2 Å². The van der Waals surface area contributed by atoms with Crippen molar-refractivity contribution in [3.05, 3.63) is 29.8 Å². The topological polar surface area (TPSA) is 66.4 Å². The largest absolute Gasteiger partial charge is 0.395 e. The van der Waals surface area contributed by atoms with Crippen LogP contribution in [0.2, 0.25) is 0 Å². The first-order chi connectivity index (χ1) is 7.49. The van der Waals surface area contributed by atoms with Crippen molar-refractivity contribution in [1.29, 1.82) is 0 Å². The molecule has 16 heavy (non-hydrogen) atoms. The van der Waals surface area contributed by atoms with E-state index in [9.17, 15) is 8.42 Å². The van der Waals surface area contributed by atoms with Crippen LogP contribution >= 0.6 is 0 Å². The van der Waals surface area contributed by atoms with Gasteiger partial charge in [-0.3, -0.25) is 0 Å². The fourth-order valence-corrected chi connectivity index (χ4v) is 2.57. The molecule has 0 bridgehead atoms. The van der Waals surface area contributed by atoms with Crippen LogP contribution in [-0.2, 0) is 10.0 Å². The first-order valence-corrected chi connectivity index (χ1v) is 6.67. The molecule has 1 aromatic carbocycles. The van der Waals surface area contributed by atoms with E-state index in [1.54, 1.807) is 24.3 Å². The Balaban J connectivity index is 2.89. The third kappa shape index (κ3) is 3.30. The highest BCUT2D eigenvalue weighted by Gasteiger charge is 2.17. The summed E-state index contributed by atoms with van der Waals surface area (Å²) in [5.41, 5.74) is 1.01. The van der Waals surface area contributed by atoms with Crippen LogP contribution in [0.5, 0.6) is 0 Å². The molecule has 0 radical (unpaired) electrons. The van der Waals surface area contributed by atoms with E-state index in [1.165, 1.54) is 0 Å². The van der Waals surface area contributed by atoms with Gasteiger partial charge in [0.05, 0.1) is 11.5 Å². The van der Waals surface area contributed by atoms with Crippen molar-refractivity contribution in [1.82, 2.24) is 4.72 Å². The standard InChI is InChI=1S/C11H17NO3S/c1-3-10(8-13)12-16(14,15)11-6-4-9(2)5-7-11/h4-7,10,12-13H,3,8H2,1-2H3/t10-/m1/s1. The van der Waals surface area contributed by atoms with Crippen molar-refractivity contribution in [3.8, 4) is 0 Å². The minimum Gasteiger partial charge on any atom is -0.395 e. The molecule has 0 heterocycles. The zero-order chi connectivity index (χ0) is 12.2. The third-order valence-electron chi connectivity index (χ3n) is 2.37. The van der Waals surface area contributed by atoms with Gasteiger partial charge in [0.25, 0.3) is 0 Å². The van der Waals surface area contributed by atoms with Gasteiger partial charge in [-0.25, -0.2) is 13.1 Å². The van der Waals surface area contributed by atoms with Crippen molar-refractivity contribution in [2.45, 2.75) is 31.2 Å². The van der Waals surface area contributed by atoms with E-state index < -0.39 is 16.1 Å².